The van der Waals surface area contributed by atoms with Crippen LogP contribution in [-0.4, -0.2) is 0 Å². The lowest BCUT2D eigenvalue weighted by molar-refractivity contribution is 0.771. The normalized spacial score (nSPS) is 13.7. The van der Waals surface area contributed by atoms with Crippen LogP contribution in [0.2, 0.25) is 0 Å². The highest BCUT2D eigenvalue weighted by Crippen LogP contribution is 2.57. The molecule has 160 valence electrons. The quantitative estimate of drug-likeness (QED) is 0.223. The van der Waals surface area contributed by atoms with E-state index in [1.54, 1.807) is 0 Å². The van der Waals surface area contributed by atoms with Crippen molar-refractivity contribution in [2.24, 2.45) is 0 Å². The summed E-state index contributed by atoms with van der Waals surface area (Å²) in [5.74, 6) is 0. The molecule has 0 atom stereocenters. The van der Waals surface area contributed by atoms with Crippen molar-refractivity contribution in [3.63, 3.8) is 0 Å². The molecule has 0 aliphatic heterocycles. The molecule has 0 saturated carbocycles. The second-order valence-corrected chi connectivity index (χ2v) is 10.0. The molecular weight excluding hydrogens is 476 g/mol. The largest absolute Gasteiger partial charge is 0.0714 e. The fraction of sp³-hybridized carbons (Fsp3) is 0.0303. The Kier molecular flexibility index (Phi) is 4.31. The summed E-state index contributed by atoms with van der Waals surface area (Å²) >= 11 is 3.79. The summed E-state index contributed by atoms with van der Waals surface area (Å²) in [6, 6.07) is 46.9. The molecule has 0 bridgehead atoms. The zero-order valence-electron chi connectivity index (χ0n) is 18.5. The molecule has 7 rings (SSSR count). The zero-order valence-corrected chi connectivity index (χ0v) is 20.1. The van der Waals surface area contributed by atoms with Crippen molar-refractivity contribution in [2.45, 2.75) is 5.41 Å². The second-order valence-electron chi connectivity index (χ2n) is 9.11. The van der Waals surface area contributed by atoms with Crippen LogP contribution >= 0.6 is 15.9 Å². The highest BCUT2D eigenvalue weighted by molar-refractivity contribution is 9.10. The van der Waals surface area contributed by atoms with Crippen LogP contribution in [0.4, 0.5) is 0 Å². The van der Waals surface area contributed by atoms with Gasteiger partial charge in [0.2, 0.25) is 0 Å². The van der Waals surface area contributed by atoms with E-state index in [2.05, 4.69) is 143 Å². The molecular formula is C33H21Br. The molecule has 0 spiro atoms. The molecule has 0 N–H and O–H groups in total. The zero-order chi connectivity index (χ0) is 22.7. The average molecular weight is 497 g/mol. The van der Waals surface area contributed by atoms with Crippen molar-refractivity contribution in [2.75, 3.05) is 0 Å². The van der Waals surface area contributed by atoms with Gasteiger partial charge in [-0.25, -0.2) is 0 Å². The van der Waals surface area contributed by atoms with Gasteiger partial charge < -0.3 is 0 Å². The lowest BCUT2D eigenvalue weighted by Crippen LogP contribution is -2.28. The van der Waals surface area contributed by atoms with Crippen LogP contribution in [0.3, 0.4) is 0 Å². The van der Waals surface area contributed by atoms with Gasteiger partial charge in [-0.05, 0) is 79.2 Å². The fourth-order valence-electron chi connectivity index (χ4n) is 5.89. The number of rotatable bonds is 2. The van der Waals surface area contributed by atoms with Crippen molar-refractivity contribution >= 4 is 37.5 Å². The molecule has 0 aromatic heterocycles. The minimum Gasteiger partial charge on any atom is -0.0619 e. The van der Waals surface area contributed by atoms with Gasteiger partial charge >= 0.3 is 0 Å². The third-order valence-corrected chi connectivity index (χ3v) is 7.87. The topological polar surface area (TPSA) is 0 Å². The first kappa shape index (κ1) is 19.8. The summed E-state index contributed by atoms with van der Waals surface area (Å²) in [7, 11) is 0. The maximum Gasteiger partial charge on any atom is 0.0714 e. The summed E-state index contributed by atoms with van der Waals surface area (Å²) in [4.78, 5) is 0. The number of halogens is 1. The molecule has 0 radical (unpaired) electrons. The van der Waals surface area contributed by atoms with E-state index in [1.807, 2.05) is 0 Å². The fourth-order valence-corrected chi connectivity index (χ4v) is 6.25. The lowest BCUT2D eigenvalue weighted by Gasteiger charge is -2.34. The van der Waals surface area contributed by atoms with Crippen LogP contribution < -0.4 is 0 Å². The van der Waals surface area contributed by atoms with Gasteiger partial charge in [0, 0.05) is 4.47 Å². The maximum atomic E-state index is 3.79. The Morgan fingerprint density at radius 1 is 0.412 bits per heavy atom. The van der Waals surface area contributed by atoms with E-state index in [0.29, 0.717) is 0 Å². The van der Waals surface area contributed by atoms with Crippen LogP contribution in [0.5, 0.6) is 0 Å². The van der Waals surface area contributed by atoms with E-state index in [1.165, 1.54) is 54.9 Å². The van der Waals surface area contributed by atoms with Gasteiger partial charge in [0.1, 0.15) is 0 Å². The third kappa shape index (κ3) is 2.71. The molecule has 0 heterocycles. The van der Waals surface area contributed by atoms with Crippen LogP contribution in [0.15, 0.2) is 132 Å². The smallest absolute Gasteiger partial charge is 0.0619 e. The van der Waals surface area contributed by atoms with Gasteiger partial charge in [-0.3, -0.25) is 0 Å². The molecule has 0 fully saturated rings. The van der Waals surface area contributed by atoms with Gasteiger partial charge in [-0.15, -0.1) is 0 Å². The predicted octanol–water partition coefficient (Wildman–Crippen LogP) is 9.12. The molecule has 0 unspecified atom stereocenters. The van der Waals surface area contributed by atoms with Gasteiger partial charge in [0.05, 0.1) is 5.41 Å². The number of hydrogen-bond donors (Lipinski definition) is 0. The summed E-state index contributed by atoms with van der Waals surface area (Å²) in [5.41, 5.74) is 7.48. The summed E-state index contributed by atoms with van der Waals surface area (Å²) < 4.78 is 1.10. The third-order valence-electron chi connectivity index (χ3n) is 7.37. The molecule has 1 aliphatic rings. The summed E-state index contributed by atoms with van der Waals surface area (Å²) in [5, 5.41) is 5.06. The van der Waals surface area contributed by atoms with Crippen molar-refractivity contribution in [1.82, 2.24) is 0 Å². The molecule has 1 heteroatoms. The Morgan fingerprint density at radius 2 is 0.941 bits per heavy atom. The Hall–Kier alpha value is -3.68. The highest BCUT2D eigenvalue weighted by atomic mass is 79.9. The number of fused-ring (bicyclic) bond motifs is 5. The molecule has 0 saturated heterocycles. The van der Waals surface area contributed by atoms with E-state index in [0.717, 1.165) is 4.47 Å². The van der Waals surface area contributed by atoms with Crippen LogP contribution in [0, 0.1) is 0 Å². The van der Waals surface area contributed by atoms with E-state index < -0.39 is 5.41 Å². The van der Waals surface area contributed by atoms with Gasteiger partial charge in [-0.1, -0.05) is 119 Å². The first-order valence-electron chi connectivity index (χ1n) is 11.6. The second kappa shape index (κ2) is 7.41. The van der Waals surface area contributed by atoms with Crippen molar-refractivity contribution in [1.29, 1.82) is 0 Å². The first-order chi connectivity index (χ1) is 16.7. The van der Waals surface area contributed by atoms with E-state index >= 15 is 0 Å². The highest BCUT2D eigenvalue weighted by Gasteiger charge is 2.46. The van der Waals surface area contributed by atoms with Gasteiger partial charge in [0.15, 0.2) is 0 Å². The Morgan fingerprint density at radius 3 is 1.59 bits per heavy atom. The molecule has 0 nitrogen and oxygen atoms in total. The van der Waals surface area contributed by atoms with Crippen molar-refractivity contribution in [3.05, 3.63) is 154 Å². The minimum atomic E-state index is -0.399. The number of hydrogen-bond acceptors (Lipinski definition) is 0. The van der Waals surface area contributed by atoms with Gasteiger partial charge in [-0.2, -0.15) is 0 Å². The minimum absolute atomic E-state index is 0.399. The maximum absolute atomic E-state index is 3.79. The molecule has 6 aromatic rings. The van der Waals surface area contributed by atoms with E-state index in [4.69, 9.17) is 0 Å². The average Bonchev–Trinajstić information content (AvgIpc) is 3.18. The molecule has 34 heavy (non-hydrogen) atoms. The van der Waals surface area contributed by atoms with Crippen LogP contribution in [-0.2, 0) is 5.41 Å². The SMILES string of the molecule is Brc1ccc2c(c1)C(c1ccc3ccccc3c1)(c1ccc3ccccc3c1)c1ccccc1-2. The van der Waals surface area contributed by atoms with E-state index in [9.17, 15) is 0 Å². The van der Waals surface area contributed by atoms with Crippen LogP contribution in [0.25, 0.3) is 32.7 Å². The first-order valence-corrected chi connectivity index (χ1v) is 12.4. The monoisotopic (exact) mass is 496 g/mol. The lowest BCUT2D eigenvalue weighted by atomic mass is 9.67. The Labute approximate surface area is 207 Å². The molecule has 0 amide bonds. The van der Waals surface area contributed by atoms with Crippen molar-refractivity contribution < 1.29 is 0 Å². The standard InChI is InChI=1S/C33H21Br/c34-28-17-18-30-29-11-5-6-12-31(29)33(32(30)21-28,26-15-13-22-7-1-3-9-24(22)19-26)27-16-14-23-8-2-4-10-25(23)20-27/h1-21H. The predicted molar refractivity (Wildman–Crippen MR) is 146 cm³/mol. The molecule has 1 aliphatic carbocycles. The number of benzene rings is 6. The Bertz CT molecular complexity index is 1650. The van der Waals surface area contributed by atoms with Crippen molar-refractivity contribution in [3.8, 4) is 11.1 Å². The van der Waals surface area contributed by atoms with Gasteiger partial charge in [0.25, 0.3) is 0 Å². The molecule has 6 aromatic carbocycles. The van der Waals surface area contributed by atoms with E-state index in [-0.39, 0.29) is 0 Å². The Balaban J connectivity index is 1.66. The van der Waals surface area contributed by atoms with Crippen LogP contribution in [0.1, 0.15) is 22.3 Å². The summed E-state index contributed by atoms with van der Waals surface area (Å²) in [6.45, 7) is 0. The summed E-state index contributed by atoms with van der Waals surface area (Å²) in [6.07, 6.45) is 0.